The molecule has 2 aliphatic heterocycles. The van der Waals surface area contributed by atoms with Crippen LogP contribution in [0.15, 0.2) is 34.3 Å². The topological polar surface area (TPSA) is 46.0 Å². The highest BCUT2D eigenvalue weighted by Gasteiger charge is 2.39. The van der Waals surface area contributed by atoms with Gasteiger partial charge in [-0.15, -0.1) is 0 Å². The van der Waals surface area contributed by atoms with Crippen LogP contribution in [0, 0.1) is 12.8 Å². The summed E-state index contributed by atoms with van der Waals surface area (Å²) in [6.45, 7) is 7.23. The number of nitrogens with one attached hydrogen (secondary N) is 1. The number of aryl methyl sites for hydroxylation is 1. The molecular weight excluding hydrogens is 262 g/mol. The maximum atomic E-state index is 5.51. The van der Waals surface area contributed by atoms with Gasteiger partial charge in [-0.25, -0.2) is 4.99 Å². The number of methoxy groups -OCH3 is 1. The Bertz CT molecular complexity index is 574. The Morgan fingerprint density at radius 1 is 1.24 bits per heavy atom. The van der Waals surface area contributed by atoms with E-state index in [0.717, 1.165) is 18.3 Å². The van der Waals surface area contributed by atoms with Gasteiger partial charge in [0.15, 0.2) is 0 Å². The minimum atomic E-state index is 0.0673. The number of hydrogen-bond donors (Lipinski definition) is 1. The lowest BCUT2D eigenvalue weighted by Gasteiger charge is -2.32. The fraction of sp³-hybridized carbons (Fsp3) is 0.529. The van der Waals surface area contributed by atoms with Gasteiger partial charge in [0, 0.05) is 5.92 Å². The summed E-state index contributed by atoms with van der Waals surface area (Å²) in [5.41, 5.74) is 2.58. The van der Waals surface area contributed by atoms with Crippen LogP contribution < -0.4 is 5.32 Å². The number of aliphatic imine (C=N–C) groups is 2. The molecule has 0 radical (unpaired) electrons. The number of hydrogen-bond acceptors (Lipinski definition) is 4. The largest absolute Gasteiger partial charge is 0.483 e. The first-order valence-electron chi connectivity index (χ1n) is 7.59. The van der Waals surface area contributed by atoms with Crippen molar-refractivity contribution in [2.45, 2.75) is 38.8 Å². The van der Waals surface area contributed by atoms with Gasteiger partial charge in [-0.1, -0.05) is 43.7 Å². The fourth-order valence-corrected chi connectivity index (χ4v) is 3.03. The molecule has 0 amide bonds. The van der Waals surface area contributed by atoms with E-state index in [1.807, 2.05) is 0 Å². The van der Waals surface area contributed by atoms with Gasteiger partial charge in [0.1, 0.15) is 17.9 Å². The third-order valence-corrected chi connectivity index (χ3v) is 4.34. The van der Waals surface area contributed by atoms with Gasteiger partial charge in [-0.05, 0) is 18.4 Å². The van der Waals surface area contributed by atoms with E-state index in [1.54, 1.807) is 7.11 Å². The van der Waals surface area contributed by atoms with E-state index >= 15 is 0 Å². The lowest BCUT2D eigenvalue weighted by molar-refractivity contribution is 0.345. The van der Waals surface area contributed by atoms with Gasteiger partial charge in [-0.2, -0.15) is 0 Å². The Hall–Kier alpha value is -1.84. The summed E-state index contributed by atoms with van der Waals surface area (Å²) in [7, 11) is 1.70. The van der Waals surface area contributed by atoms with Gasteiger partial charge >= 0.3 is 0 Å². The highest BCUT2D eigenvalue weighted by Crippen LogP contribution is 2.31. The number of fused-ring (bicyclic) bond motifs is 1. The molecule has 112 valence electrons. The highest BCUT2D eigenvalue weighted by molar-refractivity contribution is 6.00. The summed E-state index contributed by atoms with van der Waals surface area (Å²) in [6.07, 6.45) is 0. The third-order valence-electron chi connectivity index (χ3n) is 4.34. The Balaban J connectivity index is 1.90. The van der Waals surface area contributed by atoms with Crippen molar-refractivity contribution in [3.63, 3.8) is 0 Å². The maximum absolute atomic E-state index is 5.51. The lowest BCUT2D eigenvalue weighted by Crippen LogP contribution is -2.52. The lowest BCUT2D eigenvalue weighted by atomic mass is 9.90. The van der Waals surface area contributed by atoms with Crippen LogP contribution in [0.5, 0.6) is 0 Å². The summed E-state index contributed by atoms with van der Waals surface area (Å²) in [4.78, 5) is 9.53. The number of rotatable bonds is 2. The third kappa shape index (κ3) is 2.55. The van der Waals surface area contributed by atoms with Crippen LogP contribution in [-0.2, 0) is 4.74 Å². The zero-order chi connectivity index (χ0) is 15.0. The molecule has 2 aliphatic rings. The molecule has 0 unspecified atom stereocenters. The molecule has 0 bridgehead atoms. The fourth-order valence-electron chi connectivity index (χ4n) is 3.03. The van der Waals surface area contributed by atoms with Crippen molar-refractivity contribution in [1.29, 1.82) is 0 Å². The Kier molecular flexibility index (Phi) is 3.70. The molecular formula is C17H23N3O. The van der Waals surface area contributed by atoms with Gasteiger partial charge in [0.05, 0.1) is 13.7 Å². The van der Waals surface area contributed by atoms with Crippen molar-refractivity contribution in [3.05, 3.63) is 35.4 Å². The first-order chi connectivity index (χ1) is 10.1. The van der Waals surface area contributed by atoms with Crippen LogP contribution in [0.25, 0.3) is 0 Å². The van der Waals surface area contributed by atoms with Gasteiger partial charge in [0.25, 0.3) is 0 Å². The van der Waals surface area contributed by atoms with Crippen molar-refractivity contribution in [2.75, 3.05) is 13.7 Å². The number of nitrogens with zero attached hydrogens (tertiary/aromatic N) is 2. The summed E-state index contributed by atoms with van der Waals surface area (Å²) < 4.78 is 5.51. The second kappa shape index (κ2) is 5.51. The van der Waals surface area contributed by atoms with Gasteiger partial charge < -0.3 is 10.1 Å². The van der Waals surface area contributed by atoms with E-state index in [4.69, 9.17) is 9.73 Å². The Morgan fingerprint density at radius 3 is 2.57 bits per heavy atom. The van der Waals surface area contributed by atoms with Crippen LogP contribution in [0.1, 0.15) is 30.9 Å². The molecule has 1 aromatic carbocycles. The molecule has 0 aromatic heterocycles. The number of ether oxygens (including phenoxy) is 1. The number of amidine groups is 1. The van der Waals surface area contributed by atoms with E-state index in [0.29, 0.717) is 11.8 Å². The first-order valence-corrected chi connectivity index (χ1v) is 7.59. The summed E-state index contributed by atoms with van der Waals surface area (Å²) in [5.74, 6) is 2.55. The Labute approximate surface area is 126 Å². The average Bonchev–Trinajstić information content (AvgIpc) is 2.89. The molecule has 0 saturated carbocycles. The van der Waals surface area contributed by atoms with Crippen LogP contribution in [0.3, 0.4) is 0 Å². The standard InChI is InChI=1S/C17H23N3O/c1-10(2)14-17(21-4)20-15-13(9-18-16(15)19-14)12-7-5-11(3)6-8-12/h5-8,10,13-15H,9H2,1-4H3,(H,18,19)/t13-,14-,15+/m0/s1. The molecule has 0 fully saturated rings. The van der Waals surface area contributed by atoms with Crippen molar-refractivity contribution in [1.82, 2.24) is 5.32 Å². The molecule has 3 atom stereocenters. The molecule has 3 rings (SSSR count). The van der Waals surface area contributed by atoms with Crippen molar-refractivity contribution in [3.8, 4) is 0 Å². The van der Waals surface area contributed by atoms with Gasteiger partial charge in [0.2, 0.25) is 5.90 Å². The molecule has 0 spiro atoms. The van der Waals surface area contributed by atoms with Crippen molar-refractivity contribution >= 4 is 11.7 Å². The van der Waals surface area contributed by atoms with Crippen molar-refractivity contribution < 1.29 is 4.74 Å². The smallest absolute Gasteiger partial charge is 0.207 e. The average molecular weight is 285 g/mol. The van der Waals surface area contributed by atoms with Crippen LogP contribution in [0.4, 0.5) is 0 Å². The minimum absolute atomic E-state index is 0.0673. The van der Waals surface area contributed by atoms with E-state index in [9.17, 15) is 0 Å². The van der Waals surface area contributed by atoms with Gasteiger partial charge in [-0.3, -0.25) is 4.99 Å². The van der Waals surface area contributed by atoms with Crippen molar-refractivity contribution in [2.24, 2.45) is 15.9 Å². The van der Waals surface area contributed by atoms with Crippen LogP contribution in [-0.4, -0.2) is 37.5 Å². The molecule has 4 nitrogen and oxygen atoms in total. The summed E-state index contributed by atoms with van der Waals surface area (Å²) in [6, 6.07) is 8.88. The molecule has 21 heavy (non-hydrogen) atoms. The predicted octanol–water partition coefficient (Wildman–Crippen LogP) is 2.53. The number of benzene rings is 1. The molecule has 0 aliphatic carbocycles. The second-order valence-electron chi connectivity index (χ2n) is 6.23. The zero-order valence-electron chi connectivity index (χ0n) is 13.1. The van der Waals surface area contributed by atoms with E-state index in [1.165, 1.54) is 11.1 Å². The van der Waals surface area contributed by atoms with E-state index < -0.39 is 0 Å². The predicted molar refractivity (Wildman–Crippen MR) is 86.2 cm³/mol. The molecule has 2 heterocycles. The SMILES string of the molecule is COC1=N[C@H]2C(=NC[C@H]2c2ccc(C)cc2)N[C@H]1C(C)C. The van der Waals surface area contributed by atoms with E-state index in [-0.39, 0.29) is 12.1 Å². The normalized spacial score (nSPS) is 27.8. The molecule has 1 N–H and O–H groups in total. The monoisotopic (exact) mass is 285 g/mol. The first kappa shape index (κ1) is 14.1. The quantitative estimate of drug-likeness (QED) is 0.907. The maximum Gasteiger partial charge on any atom is 0.207 e. The van der Waals surface area contributed by atoms with E-state index in [2.05, 4.69) is 55.3 Å². The molecule has 0 saturated heterocycles. The highest BCUT2D eigenvalue weighted by atomic mass is 16.5. The molecule has 1 aromatic rings. The van der Waals surface area contributed by atoms with Crippen LogP contribution >= 0.6 is 0 Å². The zero-order valence-corrected chi connectivity index (χ0v) is 13.1. The summed E-state index contributed by atoms with van der Waals surface area (Å²) >= 11 is 0. The second-order valence-corrected chi connectivity index (χ2v) is 6.23. The van der Waals surface area contributed by atoms with Crippen LogP contribution in [0.2, 0.25) is 0 Å². The minimum Gasteiger partial charge on any atom is -0.483 e. The summed E-state index contributed by atoms with van der Waals surface area (Å²) in [5, 5.41) is 3.52. The Morgan fingerprint density at radius 2 is 1.95 bits per heavy atom. The molecule has 4 heteroatoms.